The van der Waals surface area contributed by atoms with Gasteiger partial charge in [0.25, 0.3) is 10.0 Å². The number of rotatable bonds is 3. The van der Waals surface area contributed by atoms with Crippen molar-refractivity contribution in [2.45, 2.75) is 11.8 Å². The molecule has 0 saturated carbocycles. The molecule has 3 aromatic rings. The van der Waals surface area contributed by atoms with Gasteiger partial charge >= 0.3 is 0 Å². The molecule has 0 fully saturated rings. The van der Waals surface area contributed by atoms with E-state index >= 15 is 0 Å². The SMILES string of the molecule is Cc1ccc(S(=O)(=O)n2ccnc2-c2ccccc2F)cc1. The van der Waals surface area contributed by atoms with E-state index in [9.17, 15) is 12.8 Å². The smallest absolute Gasteiger partial charge is 0.236 e. The maximum absolute atomic E-state index is 13.9. The standard InChI is InChI=1S/C16H13FN2O2S/c1-12-6-8-13(9-7-12)22(20,21)19-11-10-18-16(19)14-4-2-3-5-15(14)17/h2-11H,1H3. The molecule has 0 atom stereocenters. The first-order chi connectivity index (χ1) is 10.5. The second kappa shape index (κ2) is 5.38. The summed E-state index contributed by atoms with van der Waals surface area (Å²) in [6.45, 7) is 1.87. The van der Waals surface area contributed by atoms with Crippen molar-refractivity contribution in [2.75, 3.05) is 0 Å². The van der Waals surface area contributed by atoms with Crippen molar-refractivity contribution in [2.24, 2.45) is 0 Å². The monoisotopic (exact) mass is 316 g/mol. The first-order valence-corrected chi connectivity index (χ1v) is 8.04. The summed E-state index contributed by atoms with van der Waals surface area (Å²) in [6, 6.07) is 12.4. The number of nitrogens with zero attached hydrogens (tertiary/aromatic N) is 2. The zero-order valence-corrected chi connectivity index (χ0v) is 12.6. The Morgan fingerprint density at radius 2 is 1.73 bits per heavy atom. The Hall–Kier alpha value is -2.47. The van der Waals surface area contributed by atoms with Crippen molar-refractivity contribution >= 4 is 10.0 Å². The summed E-state index contributed by atoms with van der Waals surface area (Å²) < 4.78 is 40.3. The Morgan fingerprint density at radius 1 is 1.05 bits per heavy atom. The van der Waals surface area contributed by atoms with Crippen LogP contribution >= 0.6 is 0 Å². The van der Waals surface area contributed by atoms with E-state index in [1.807, 2.05) is 6.92 Å². The molecule has 0 bridgehead atoms. The molecule has 4 nitrogen and oxygen atoms in total. The fourth-order valence-corrected chi connectivity index (χ4v) is 3.44. The maximum Gasteiger partial charge on any atom is 0.269 e. The first-order valence-electron chi connectivity index (χ1n) is 6.60. The van der Waals surface area contributed by atoms with Gasteiger partial charge in [-0.1, -0.05) is 29.8 Å². The van der Waals surface area contributed by atoms with Crippen molar-refractivity contribution in [3.63, 3.8) is 0 Å². The maximum atomic E-state index is 13.9. The highest BCUT2D eigenvalue weighted by Crippen LogP contribution is 2.25. The lowest BCUT2D eigenvalue weighted by Gasteiger charge is -2.10. The van der Waals surface area contributed by atoms with Crippen molar-refractivity contribution < 1.29 is 12.8 Å². The number of hydrogen-bond donors (Lipinski definition) is 0. The second-order valence-electron chi connectivity index (χ2n) is 4.84. The topological polar surface area (TPSA) is 52.0 Å². The number of imidazole rings is 1. The van der Waals surface area contributed by atoms with E-state index in [2.05, 4.69) is 4.98 Å². The Morgan fingerprint density at radius 3 is 2.41 bits per heavy atom. The summed E-state index contributed by atoms with van der Waals surface area (Å²) in [6.07, 6.45) is 2.66. The predicted molar refractivity (Wildman–Crippen MR) is 81.4 cm³/mol. The Bertz CT molecular complexity index is 915. The molecule has 0 aliphatic rings. The molecular weight excluding hydrogens is 303 g/mol. The van der Waals surface area contributed by atoms with Crippen LogP contribution in [0.3, 0.4) is 0 Å². The number of hydrogen-bond acceptors (Lipinski definition) is 3. The minimum atomic E-state index is -3.82. The van der Waals surface area contributed by atoms with Gasteiger partial charge in [0.15, 0.2) is 5.82 Å². The molecule has 0 N–H and O–H groups in total. The van der Waals surface area contributed by atoms with Crippen LogP contribution in [0.1, 0.15) is 5.56 Å². The van der Waals surface area contributed by atoms with E-state index < -0.39 is 15.8 Å². The van der Waals surface area contributed by atoms with Crippen LogP contribution in [0, 0.1) is 12.7 Å². The van der Waals surface area contributed by atoms with Crippen molar-refractivity contribution in [1.29, 1.82) is 0 Å². The number of aryl methyl sites for hydroxylation is 1. The predicted octanol–water partition coefficient (Wildman–Crippen LogP) is 3.23. The summed E-state index contributed by atoms with van der Waals surface area (Å²) in [5, 5.41) is 0. The first kappa shape index (κ1) is 14.5. The highest BCUT2D eigenvalue weighted by atomic mass is 32.2. The lowest BCUT2D eigenvalue weighted by atomic mass is 10.2. The van der Waals surface area contributed by atoms with Crippen LogP contribution in [-0.2, 0) is 10.0 Å². The minimum Gasteiger partial charge on any atom is -0.236 e. The molecule has 112 valence electrons. The molecule has 6 heteroatoms. The molecule has 0 aliphatic carbocycles. The molecule has 0 saturated heterocycles. The highest BCUT2D eigenvalue weighted by Gasteiger charge is 2.22. The van der Waals surface area contributed by atoms with Gasteiger partial charge in [0.1, 0.15) is 5.82 Å². The zero-order chi connectivity index (χ0) is 15.7. The van der Waals surface area contributed by atoms with Crippen LogP contribution in [0.5, 0.6) is 0 Å². The number of benzene rings is 2. The van der Waals surface area contributed by atoms with Gasteiger partial charge in [0, 0.05) is 12.4 Å². The minimum absolute atomic E-state index is 0.0543. The molecule has 0 amide bonds. The van der Waals surface area contributed by atoms with E-state index in [4.69, 9.17) is 0 Å². The van der Waals surface area contributed by atoms with Crippen LogP contribution in [0.2, 0.25) is 0 Å². The van der Waals surface area contributed by atoms with Crippen molar-refractivity contribution in [1.82, 2.24) is 8.96 Å². The van der Waals surface area contributed by atoms with Crippen molar-refractivity contribution in [3.05, 3.63) is 72.3 Å². The normalized spacial score (nSPS) is 11.5. The van der Waals surface area contributed by atoms with Gasteiger partial charge in [-0.15, -0.1) is 0 Å². The third kappa shape index (κ3) is 2.42. The van der Waals surface area contributed by atoms with Crippen LogP contribution < -0.4 is 0 Å². The quantitative estimate of drug-likeness (QED) is 0.745. The zero-order valence-electron chi connectivity index (χ0n) is 11.8. The summed E-state index contributed by atoms with van der Waals surface area (Å²) in [7, 11) is -3.82. The molecule has 1 aromatic heterocycles. The Labute approximate surface area is 127 Å². The van der Waals surface area contributed by atoms with E-state index in [1.54, 1.807) is 24.3 Å². The van der Waals surface area contributed by atoms with Gasteiger partial charge in [0.2, 0.25) is 0 Å². The summed E-state index contributed by atoms with van der Waals surface area (Å²) >= 11 is 0. The fraction of sp³-hybridized carbons (Fsp3) is 0.0625. The Kier molecular flexibility index (Phi) is 3.54. The van der Waals surface area contributed by atoms with Gasteiger partial charge in [-0.3, -0.25) is 0 Å². The Balaban J connectivity index is 2.16. The lowest BCUT2D eigenvalue weighted by Crippen LogP contribution is -2.13. The third-order valence-electron chi connectivity index (χ3n) is 3.30. The molecule has 3 rings (SSSR count). The molecule has 1 heterocycles. The van der Waals surface area contributed by atoms with E-state index in [0.717, 1.165) is 9.54 Å². The summed E-state index contributed by atoms with van der Waals surface area (Å²) in [4.78, 5) is 4.13. The van der Waals surface area contributed by atoms with Gasteiger partial charge < -0.3 is 0 Å². The molecule has 2 aromatic carbocycles. The molecule has 0 spiro atoms. The van der Waals surface area contributed by atoms with Crippen LogP contribution in [-0.4, -0.2) is 17.4 Å². The molecule has 22 heavy (non-hydrogen) atoms. The van der Waals surface area contributed by atoms with Gasteiger partial charge in [-0.2, -0.15) is 0 Å². The van der Waals surface area contributed by atoms with E-state index in [1.165, 1.54) is 36.7 Å². The van der Waals surface area contributed by atoms with Gasteiger partial charge in [-0.25, -0.2) is 21.8 Å². The van der Waals surface area contributed by atoms with E-state index in [0.29, 0.717) is 0 Å². The van der Waals surface area contributed by atoms with Gasteiger partial charge in [-0.05, 0) is 31.2 Å². The molecule has 0 unspecified atom stereocenters. The lowest BCUT2D eigenvalue weighted by molar-refractivity contribution is 0.587. The fourth-order valence-electron chi connectivity index (χ4n) is 2.14. The van der Waals surface area contributed by atoms with Crippen LogP contribution in [0.25, 0.3) is 11.4 Å². The van der Waals surface area contributed by atoms with E-state index in [-0.39, 0.29) is 16.3 Å². The molecule has 0 aliphatic heterocycles. The van der Waals surface area contributed by atoms with Crippen LogP contribution in [0.15, 0.2) is 65.8 Å². The highest BCUT2D eigenvalue weighted by molar-refractivity contribution is 7.90. The third-order valence-corrected chi connectivity index (χ3v) is 4.98. The summed E-state index contributed by atoms with van der Waals surface area (Å²) in [5.74, 6) is -0.465. The second-order valence-corrected chi connectivity index (χ2v) is 6.66. The van der Waals surface area contributed by atoms with Crippen molar-refractivity contribution in [3.8, 4) is 11.4 Å². The summed E-state index contributed by atoms with van der Waals surface area (Å²) in [5.41, 5.74) is 1.10. The van der Waals surface area contributed by atoms with Gasteiger partial charge in [0.05, 0.1) is 10.5 Å². The largest absolute Gasteiger partial charge is 0.269 e. The molecule has 0 radical (unpaired) electrons. The molecular formula is C16H13FN2O2S. The number of aromatic nitrogens is 2. The van der Waals surface area contributed by atoms with Crippen LogP contribution in [0.4, 0.5) is 4.39 Å². The average molecular weight is 316 g/mol. The average Bonchev–Trinajstić information content (AvgIpc) is 2.98. The number of halogens is 1.